The number of amides is 1. The third-order valence-electron chi connectivity index (χ3n) is 4.29. The lowest BCUT2D eigenvalue weighted by molar-refractivity contribution is -0.150. The van der Waals surface area contributed by atoms with Gasteiger partial charge in [0, 0.05) is 5.69 Å². The molecule has 2 aromatic carbocycles. The number of thioether (sulfide) groups is 1. The highest BCUT2D eigenvalue weighted by molar-refractivity contribution is 7.99. The zero-order valence-corrected chi connectivity index (χ0v) is 17.4. The van der Waals surface area contributed by atoms with E-state index in [9.17, 15) is 9.59 Å². The second-order valence-corrected chi connectivity index (χ2v) is 7.88. The molecule has 1 heterocycles. The lowest BCUT2D eigenvalue weighted by Gasteiger charge is -2.14. The SMILES string of the molecule is CC(OC(=O)CSc1cnc2ccccc2n1)C(=O)Nc1ccc(C(C)C)cc1. The zero-order valence-electron chi connectivity index (χ0n) is 16.6. The summed E-state index contributed by atoms with van der Waals surface area (Å²) in [5.41, 5.74) is 3.42. The number of fused-ring (bicyclic) bond motifs is 1. The predicted octanol–water partition coefficient (Wildman–Crippen LogP) is 4.42. The first kappa shape index (κ1) is 20.8. The Bertz CT molecular complexity index is 1010. The number of ether oxygens (including phenoxy) is 1. The largest absolute Gasteiger partial charge is 0.452 e. The van der Waals surface area contributed by atoms with Crippen LogP contribution in [-0.2, 0) is 14.3 Å². The molecule has 0 spiro atoms. The van der Waals surface area contributed by atoms with Crippen LogP contribution in [-0.4, -0.2) is 33.7 Å². The molecule has 3 rings (SSSR count). The van der Waals surface area contributed by atoms with Gasteiger partial charge in [-0.3, -0.25) is 14.6 Å². The van der Waals surface area contributed by atoms with Crippen LogP contribution in [0.2, 0.25) is 0 Å². The van der Waals surface area contributed by atoms with Gasteiger partial charge in [0.2, 0.25) is 0 Å². The number of esters is 1. The molecule has 0 fully saturated rings. The molecule has 3 aromatic rings. The fourth-order valence-electron chi connectivity index (χ4n) is 2.62. The Morgan fingerprint density at radius 1 is 1.03 bits per heavy atom. The van der Waals surface area contributed by atoms with Crippen LogP contribution in [0, 0.1) is 0 Å². The summed E-state index contributed by atoms with van der Waals surface area (Å²) < 4.78 is 5.24. The minimum Gasteiger partial charge on any atom is -0.452 e. The normalized spacial score (nSPS) is 12.0. The van der Waals surface area contributed by atoms with Gasteiger partial charge in [0.15, 0.2) is 6.10 Å². The van der Waals surface area contributed by atoms with E-state index < -0.39 is 12.1 Å². The van der Waals surface area contributed by atoms with Crippen LogP contribution in [0.1, 0.15) is 32.3 Å². The van der Waals surface area contributed by atoms with Crippen molar-refractivity contribution in [2.24, 2.45) is 0 Å². The van der Waals surface area contributed by atoms with Gasteiger partial charge in [-0.1, -0.05) is 49.9 Å². The van der Waals surface area contributed by atoms with Gasteiger partial charge in [-0.2, -0.15) is 0 Å². The predicted molar refractivity (Wildman–Crippen MR) is 115 cm³/mol. The van der Waals surface area contributed by atoms with Gasteiger partial charge in [0.05, 0.1) is 23.0 Å². The number of para-hydroxylation sites is 2. The first-order chi connectivity index (χ1) is 13.9. The van der Waals surface area contributed by atoms with Gasteiger partial charge in [-0.25, -0.2) is 4.98 Å². The van der Waals surface area contributed by atoms with Crippen LogP contribution in [0.15, 0.2) is 59.8 Å². The third-order valence-corrected chi connectivity index (χ3v) is 5.16. The van der Waals surface area contributed by atoms with Crippen molar-refractivity contribution in [3.63, 3.8) is 0 Å². The van der Waals surface area contributed by atoms with E-state index in [1.165, 1.54) is 17.3 Å². The number of hydrogen-bond acceptors (Lipinski definition) is 6. The van der Waals surface area contributed by atoms with Crippen LogP contribution >= 0.6 is 11.8 Å². The Labute approximate surface area is 174 Å². The first-order valence-electron chi connectivity index (χ1n) is 9.37. The van der Waals surface area contributed by atoms with E-state index in [0.29, 0.717) is 16.6 Å². The molecule has 0 bridgehead atoms. The summed E-state index contributed by atoms with van der Waals surface area (Å²) in [6.07, 6.45) is 0.729. The standard InChI is InChI=1S/C22H23N3O3S/c1-14(2)16-8-10-17(11-9-16)24-22(27)15(3)28-21(26)13-29-20-12-23-18-6-4-5-7-19(18)25-20/h4-12,14-15H,13H2,1-3H3,(H,24,27). The smallest absolute Gasteiger partial charge is 0.317 e. The number of anilines is 1. The molecule has 1 aromatic heterocycles. The third kappa shape index (κ3) is 5.77. The van der Waals surface area contributed by atoms with Crippen LogP contribution in [0.25, 0.3) is 11.0 Å². The number of carbonyl (C=O) groups excluding carboxylic acids is 2. The van der Waals surface area contributed by atoms with Gasteiger partial charge >= 0.3 is 5.97 Å². The number of carbonyl (C=O) groups is 2. The van der Waals surface area contributed by atoms with Crippen molar-refractivity contribution < 1.29 is 14.3 Å². The van der Waals surface area contributed by atoms with E-state index in [-0.39, 0.29) is 11.7 Å². The molecule has 0 aliphatic rings. The van der Waals surface area contributed by atoms with Crippen LogP contribution in [0.5, 0.6) is 0 Å². The van der Waals surface area contributed by atoms with Crippen molar-refractivity contribution >= 4 is 40.4 Å². The monoisotopic (exact) mass is 409 g/mol. The van der Waals surface area contributed by atoms with Crippen LogP contribution in [0.3, 0.4) is 0 Å². The second kappa shape index (κ2) is 9.52. The first-order valence-corrected chi connectivity index (χ1v) is 10.4. The highest BCUT2D eigenvalue weighted by Gasteiger charge is 2.18. The molecular weight excluding hydrogens is 386 g/mol. The topological polar surface area (TPSA) is 81.2 Å². The van der Waals surface area contributed by atoms with Crippen molar-refractivity contribution in [3.8, 4) is 0 Å². The number of benzene rings is 2. The molecule has 0 saturated carbocycles. The number of nitrogens with one attached hydrogen (secondary N) is 1. The van der Waals surface area contributed by atoms with Gasteiger partial charge in [0.1, 0.15) is 5.03 Å². The molecule has 7 heteroatoms. The molecule has 1 unspecified atom stereocenters. The average molecular weight is 410 g/mol. The number of hydrogen-bond donors (Lipinski definition) is 1. The van der Waals surface area contributed by atoms with Gasteiger partial charge < -0.3 is 10.1 Å². The summed E-state index contributed by atoms with van der Waals surface area (Å²) in [6, 6.07) is 15.2. The quantitative estimate of drug-likeness (QED) is 0.460. The van der Waals surface area contributed by atoms with Gasteiger partial charge in [-0.05, 0) is 42.7 Å². The van der Waals surface area contributed by atoms with E-state index in [1.54, 1.807) is 13.1 Å². The summed E-state index contributed by atoms with van der Waals surface area (Å²) in [5, 5.41) is 3.39. The fourth-order valence-corrected chi connectivity index (χ4v) is 3.25. The van der Waals surface area contributed by atoms with Crippen molar-refractivity contribution in [1.29, 1.82) is 0 Å². The van der Waals surface area contributed by atoms with Crippen molar-refractivity contribution in [1.82, 2.24) is 9.97 Å². The molecule has 1 N–H and O–H groups in total. The Morgan fingerprint density at radius 3 is 2.41 bits per heavy atom. The Morgan fingerprint density at radius 2 is 1.72 bits per heavy atom. The van der Waals surface area contributed by atoms with Crippen molar-refractivity contribution in [2.45, 2.75) is 37.8 Å². The molecule has 1 atom stereocenters. The van der Waals surface area contributed by atoms with E-state index in [4.69, 9.17) is 4.74 Å². The summed E-state index contributed by atoms with van der Waals surface area (Å²) in [7, 11) is 0. The molecule has 6 nitrogen and oxygen atoms in total. The minimum atomic E-state index is -0.893. The Kier molecular flexibility index (Phi) is 6.82. The highest BCUT2D eigenvalue weighted by atomic mass is 32.2. The summed E-state index contributed by atoms with van der Waals surface area (Å²) in [4.78, 5) is 33.1. The maximum absolute atomic E-state index is 12.3. The molecule has 0 radical (unpaired) electrons. The molecular formula is C22H23N3O3S. The number of aromatic nitrogens is 2. The average Bonchev–Trinajstić information content (AvgIpc) is 2.72. The minimum absolute atomic E-state index is 0.0493. The molecule has 0 aliphatic carbocycles. The lowest BCUT2D eigenvalue weighted by Crippen LogP contribution is -2.30. The van der Waals surface area contributed by atoms with E-state index in [0.717, 1.165) is 11.0 Å². The van der Waals surface area contributed by atoms with Gasteiger partial charge in [-0.15, -0.1) is 0 Å². The number of rotatable bonds is 7. The Hall–Kier alpha value is -2.93. The van der Waals surface area contributed by atoms with Gasteiger partial charge in [0.25, 0.3) is 5.91 Å². The molecule has 150 valence electrons. The molecule has 29 heavy (non-hydrogen) atoms. The second-order valence-electron chi connectivity index (χ2n) is 6.88. The fraction of sp³-hybridized carbons (Fsp3) is 0.273. The van der Waals surface area contributed by atoms with E-state index >= 15 is 0 Å². The summed E-state index contributed by atoms with van der Waals surface area (Å²) in [5.74, 6) is -0.383. The van der Waals surface area contributed by atoms with Crippen molar-refractivity contribution in [3.05, 3.63) is 60.3 Å². The van der Waals surface area contributed by atoms with E-state index in [1.807, 2.05) is 48.5 Å². The summed E-state index contributed by atoms with van der Waals surface area (Å²) >= 11 is 1.23. The van der Waals surface area contributed by atoms with Crippen LogP contribution < -0.4 is 5.32 Å². The number of nitrogens with zero attached hydrogens (tertiary/aromatic N) is 2. The molecule has 0 saturated heterocycles. The Balaban J connectivity index is 1.49. The maximum atomic E-state index is 12.3. The zero-order chi connectivity index (χ0) is 20.8. The van der Waals surface area contributed by atoms with Crippen LogP contribution in [0.4, 0.5) is 5.69 Å². The molecule has 0 aliphatic heterocycles. The molecule has 1 amide bonds. The lowest BCUT2D eigenvalue weighted by atomic mass is 10.0. The maximum Gasteiger partial charge on any atom is 0.317 e. The highest BCUT2D eigenvalue weighted by Crippen LogP contribution is 2.19. The van der Waals surface area contributed by atoms with E-state index in [2.05, 4.69) is 29.1 Å². The summed E-state index contributed by atoms with van der Waals surface area (Å²) in [6.45, 7) is 5.77. The van der Waals surface area contributed by atoms with Crippen molar-refractivity contribution in [2.75, 3.05) is 11.1 Å².